The normalized spacial score (nSPS) is 21.5. The molecule has 3 nitrogen and oxygen atoms in total. The number of hydrogen-bond donors (Lipinski definition) is 0. The molecule has 1 fully saturated rings. The summed E-state index contributed by atoms with van der Waals surface area (Å²) in [5, 5.41) is 8.84. The number of hydrogen-bond acceptors (Lipinski definition) is 3. The largest absolute Gasteiger partial charge is 0.474 e. The molecule has 148 valence electrons. The van der Waals surface area contributed by atoms with Crippen molar-refractivity contribution in [3.63, 3.8) is 0 Å². The highest BCUT2D eigenvalue weighted by Crippen LogP contribution is 2.37. The number of ether oxygens (including phenoxy) is 1. The van der Waals surface area contributed by atoms with Crippen LogP contribution in [0.3, 0.4) is 0 Å². The fourth-order valence-corrected chi connectivity index (χ4v) is 4.16. The maximum absolute atomic E-state index is 5.94. The van der Waals surface area contributed by atoms with E-state index in [1.807, 2.05) is 6.07 Å². The standard InChI is InChI=1S/C23H40N2O/c1-4-6-8-10-11-19(3)26-23-18-17-22(24-25-23)21-15-13-20(14-16-21)12-9-7-5-2/h17-21H,4-16H2,1-3H3. The molecule has 1 aromatic rings. The molecule has 1 heterocycles. The van der Waals surface area contributed by atoms with Crippen LogP contribution in [0, 0.1) is 5.92 Å². The Hall–Kier alpha value is -1.12. The minimum atomic E-state index is 0.227. The molecule has 3 heteroatoms. The van der Waals surface area contributed by atoms with Crippen LogP contribution in [0.15, 0.2) is 12.1 Å². The zero-order valence-corrected chi connectivity index (χ0v) is 17.4. The fourth-order valence-electron chi connectivity index (χ4n) is 4.16. The van der Waals surface area contributed by atoms with Crippen molar-refractivity contribution in [1.82, 2.24) is 10.2 Å². The van der Waals surface area contributed by atoms with Crippen molar-refractivity contribution in [2.45, 2.75) is 116 Å². The molecule has 1 atom stereocenters. The summed E-state index contributed by atoms with van der Waals surface area (Å²) in [6.45, 7) is 6.67. The van der Waals surface area contributed by atoms with Crippen molar-refractivity contribution in [2.24, 2.45) is 5.92 Å². The SMILES string of the molecule is CCCCCCC(C)Oc1ccc(C2CCC(CCCCC)CC2)nn1. The minimum absolute atomic E-state index is 0.227. The van der Waals surface area contributed by atoms with E-state index in [2.05, 4.69) is 37.0 Å². The third-order valence-corrected chi connectivity index (χ3v) is 5.93. The average molecular weight is 361 g/mol. The van der Waals surface area contributed by atoms with Crippen molar-refractivity contribution in [3.05, 3.63) is 17.8 Å². The lowest BCUT2D eigenvalue weighted by atomic mass is 9.78. The Morgan fingerprint density at radius 2 is 1.65 bits per heavy atom. The van der Waals surface area contributed by atoms with E-state index in [0.717, 1.165) is 12.3 Å². The van der Waals surface area contributed by atoms with Crippen LogP contribution in [0.25, 0.3) is 0 Å². The van der Waals surface area contributed by atoms with E-state index in [1.165, 1.54) is 82.7 Å². The van der Waals surface area contributed by atoms with Crippen LogP contribution >= 0.6 is 0 Å². The topological polar surface area (TPSA) is 35.0 Å². The van der Waals surface area contributed by atoms with Gasteiger partial charge in [0.15, 0.2) is 0 Å². The summed E-state index contributed by atoms with van der Waals surface area (Å²) in [7, 11) is 0. The lowest BCUT2D eigenvalue weighted by Gasteiger charge is -2.28. The molecule has 0 radical (unpaired) electrons. The van der Waals surface area contributed by atoms with Crippen molar-refractivity contribution >= 4 is 0 Å². The number of unbranched alkanes of at least 4 members (excludes halogenated alkanes) is 5. The third kappa shape index (κ3) is 7.63. The second-order valence-electron chi connectivity index (χ2n) is 8.29. The maximum atomic E-state index is 5.94. The Bertz CT molecular complexity index is 466. The summed E-state index contributed by atoms with van der Waals surface area (Å²) < 4.78 is 5.94. The van der Waals surface area contributed by atoms with Crippen LogP contribution in [-0.4, -0.2) is 16.3 Å². The van der Waals surface area contributed by atoms with Crippen LogP contribution in [0.2, 0.25) is 0 Å². The molecular weight excluding hydrogens is 320 g/mol. The molecular formula is C23H40N2O. The molecule has 0 saturated heterocycles. The molecule has 0 aliphatic heterocycles. The average Bonchev–Trinajstić information content (AvgIpc) is 2.67. The first-order valence-corrected chi connectivity index (χ1v) is 11.2. The molecule has 2 rings (SSSR count). The fraction of sp³-hybridized carbons (Fsp3) is 0.826. The van der Waals surface area contributed by atoms with Gasteiger partial charge in [0.25, 0.3) is 0 Å². The van der Waals surface area contributed by atoms with Gasteiger partial charge in [0.05, 0.1) is 11.8 Å². The monoisotopic (exact) mass is 360 g/mol. The first-order chi connectivity index (χ1) is 12.7. The minimum Gasteiger partial charge on any atom is -0.474 e. The van der Waals surface area contributed by atoms with Gasteiger partial charge in [-0.2, -0.15) is 5.10 Å². The molecule has 1 aromatic heterocycles. The number of aromatic nitrogens is 2. The summed E-state index contributed by atoms with van der Waals surface area (Å²) >= 11 is 0. The molecule has 1 unspecified atom stereocenters. The van der Waals surface area contributed by atoms with E-state index >= 15 is 0 Å². The summed E-state index contributed by atoms with van der Waals surface area (Å²) in [5.74, 6) is 2.23. The molecule has 26 heavy (non-hydrogen) atoms. The second-order valence-corrected chi connectivity index (χ2v) is 8.29. The Labute approximate surface area is 161 Å². The third-order valence-electron chi connectivity index (χ3n) is 5.93. The lowest BCUT2D eigenvalue weighted by Crippen LogP contribution is -2.16. The summed E-state index contributed by atoms with van der Waals surface area (Å²) in [5.41, 5.74) is 1.17. The molecule has 0 bridgehead atoms. The lowest BCUT2D eigenvalue weighted by molar-refractivity contribution is 0.195. The van der Waals surface area contributed by atoms with Gasteiger partial charge in [0.1, 0.15) is 0 Å². The predicted molar refractivity (Wildman–Crippen MR) is 110 cm³/mol. The molecule has 1 saturated carbocycles. The van der Waals surface area contributed by atoms with Gasteiger partial charge in [0, 0.05) is 12.0 Å². The van der Waals surface area contributed by atoms with Crippen LogP contribution in [0.4, 0.5) is 0 Å². The molecule has 0 N–H and O–H groups in total. The highest BCUT2D eigenvalue weighted by molar-refractivity contribution is 5.15. The van der Waals surface area contributed by atoms with Gasteiger partial charge in [-0.1, -0.05) is 58.8 Å². The summed E-state index contributed by atoms with van der Waals surface area (Å²) in [4.78, 5) is 0. The van der Waals surface area contributed by atoms with Gasteiger partial charge in [0.2, 0.25) is 5.88 Å². The van der Waals surface area contributed by atoms with Crippen molar-refractivity contribution in [3.8, 4) is 5.88 Å². The Morgan fingerprint density at radius 3 is 2.31 bits per heavy atom. The van der Waals surface area contributed by atoms with Gasteiger partial charge in [-0.3, -0.25) is 0 Å². The van der Waals surface area contributed by atoms with Gasteiger partial charge in [-0.05, 0) is 57.4 Å². The second kappa shape index (κ2) is 12.3. The molecule has 1 aliphatic carbocycles. The van der Waals surface area contributed by atoms with E-state index in [9.17, 15) is 0 Å². The quantitative estimate of drug-likeness (QED) is 0.374. The molecule has 0 amide bonds. The van der Waals surface area contributed by atoms with E-state index in [0.29, 0.717) is 11.8 Å². The molecule has 0 aromatic carbocycles. The van der Waals surface area contributed by atoms with Crippen molar-refractivity contribution in [1.29, 1.82) is 0 Å². The molecule has 0 spiro atoms. The maximum Gasteiger partial charge on any atom is 0.233 e. The van der Waals surface area contributed by atoms with Gasteiger partial charge >= 0.3 is 0 Å². The van der Waals surface area contributed by atoms with E-state index in [1.54, 1.807) is 0 Å². The van der Waals surface area contributed by atoms with E-state index in [4.69, 9.17) is 4.74 Å². The predicted octanol–water partition coefficient (Wildman–Crippen LogP) is 7.07. The molecule has 1 aliphatic rings. The Balaban J connectivity index is 1.70. The summed E-state index contributed by atoms with van der Waals surface area (Å²) in [6.07, 6.45) is 17.3. The number of rotatable bonds is 12. The van der Waals surface area contributed by atoms with Crippen LogP contribution in [0.1, 0.15) is 116 Å². The van der Waals surface area contributed by atoms with Crippen LogP contribution < -0.4 is 4.74 Å². The highest BCUT2D eigenvalue weighted by atomic mass is 16.5. The first-order valence-electron chi connectivity index (χ1n) is 11.2. The van der Waals surface area contributed by atoms with E-state index < -0.39 is 0 Å². The Morgan fingerprint density at radius 1 is 0.923 bits per heavy atom. The van der Waals surface area contributed by atoms with Crippen LogP contribution in [-0.2, 0) is 0 Å². The summed E-state index contributed by atoms with van der Waals surface area (Å²) in [6, 6.07) is 4.17. The van der Waals surface area contributed by atoms with Crippen LogP contribution in [0.5, 0.6) is 5.88 Å². The van der Waals surface area contributed by atoms with Gasteiger partial charge in [-0.15, -0.1) is 5.10 Å². The zero-order valence-electron chi connectivity index (χ0n) is 17.4. The highest BCUT2D eigenvalue weighted by Gasteiger charge is 2.23. The zero-order chi connectivity index (χ0) is 18.6. The van der Waals surface area contributed by atoms with Crippen molar-refractivity contribution < 1.29 is 4.74 Å². The smallest absolute Gasteiger partial charge is 0.233 e. The van der Waals surface area contributed by atoms with Gasteiger partial charge < -0.3 is 4.74 Å². The van der Waals surface area contributed by atoms with E-state index in [-0.39, 0.29) is 6.10 Å². The van der Waals surface area contributed by atoms with Crippen molar-refractivity contribution in [2.75, 3.05) is 0 Å². The Kier molecular flexibility index (Phi) is 10.0. The van der Waals surface area contributed by atoms with Gasteiger partial charge in [-0.25, -0.2) is 0 Å². The first kappa shape index (κ1) is 21.2. The number of nitrogens with zero attached hydrogens (tertiary/aromatic N) is 2.